The number of rotatable bonds is 2. The van der Waals surface area contributed by atoms with E-state index in [0.29, 0.717) is 12.1 Å². The lowest BCUT2D eigenvalue weighted by Gasteiger charge is -2.26. The summed E-state index contributed by atoms with van der Waals surface area (Å²) < 4.78 is 48.8. The zero-order valence-electron chi connectivity index (χ0n) is 10.6. The molecule has 10 heteroatoms. The van der Waals surface area contributed by atoms with Gasteiger partial charge < -0.3 is 4.90 Å². The number of carbonyl (C=O) groups is 1. The van der Waals surface area contributed by atoms with Crippen LogP contribution in [0.4, 0.5) is 14.5 Å². The van der Waals surface area contributed by atoms with Crippen LogP contribution in [-0.4, -0.2) is 48.7 Å². The predicted molar refractivity (Wildman–Crippen MR) is 67.6 cm³/mol. The maximum Gasteiger partial charge on any atom is 0.285 e. The molecule has 0 aromatic heterocycles. The number of nitro benzene ring substituents is 1. The summed E-state index contributed by atoms with van der Waals surface area (Å²) in [6, 6.07) is 0.794. The second kappa shape index (κ2) is 5.35. The lowest BCUT2D eigenvalue weighted by molar-refractivity contribution is -0.385. The van der Waals surface area contributed by atoms with E-state index in [-0.39, 0.29) is 24.6 Å². The van der Waals surface area contributed by atoms with Gasteiger partial charge in [0.2, 0.25) is 0 Å². The molecule has 1 saturated heterocycles. The summed E-state index contributed by atoms with van der Waals surface area (Å²) >= 11 is 0. The van der Waals surface area contributed by atoms with E-state index in [1.165, 1.54) is 0 Å². The molecule has 0 spiro atoms. The van der Waals surface area contributed by atoms with Crippen LogP contribution < -0.4 is 0 Å². The van der Waals surface area contributed by atoms with Gasteiger partial charge in [-0.1, -0.05) is 0 Å². The zero-order valence-corrected chi connectivity index (χ0v) is 11.4. The molecule has 1 aromatic carbocycles. The van der Waals surface area contributed by atoms with Gasteiger partial charge in [0.1, 0.15) is 5.56 Å². The van der Waals surface area contributed by atoms with Crippen molar-refractivity contribution in [2.45, 2.75) is 0 Å². The number of benzene rings is 1. The quantitative estimate of drug-likeness (QED) is 0.591. The first-order valence-electron chi connectivity index (χ1n) is 5.84. The molecular formula is C11H10F2N2O5S. The Morgan fingerprint density at radius 3 is 2.24 bits per heavy atom. The normalized spacial score (nSPS) is 17.5. The molecule has 0 unspecified atom stereocenters. The van der Waals surface area contributed by atoms with E-state index < -0.39 is 43.6 Å². The van der Waals surface area contributed by atoms with Crippen LogP contribution in [0, 0.1) is 21.7 Å². The molecule has 0 N–H and O–H groups in total. The third-order valence-electron chi connectivity index (χ3n) is 3.10. The maximum absolute atomic E-state index is 13.2. The molecule has 1 aliphatic rings. The van der Waals surface area contributed by atoms with Crippen LogP contribution >= 0.6 is 0 Å². The van der Waals surface area contributed by atoms with E-state index in [1.807, 2.05) is 0 Å². The number of hydrogen-bond donors (Lipinski definition) is 0. The molecule has 114 valence electrons. The van der Waals surface area contributed by atoms with Crippen molar-refractivity contribution in [3.05, 3.63) is 39.4 Å². The monoisotopic (exact) mass is 320 g/mol. The minimum atomic E-state index is -3.23. The molecule has 7 nitrogen and oxygen atoms in total. The highest BCUT2D eigenvalue weighted by atomic mass is 32.2. The van der Waals surface area contributed by atoms with E-state index in [2.05, 4.69) is 0 Å². The lowest BCUT2D eigenvalue weighted by Crippen LogP contribution is -2.43. The van der Waals surface area contributed by atoms with Crippen molar-refractivity contribution in [1.29, 1.82) is 0 Å². The van der Waals surface area contributed by atoms with Crippen LogP contribution in [0.25, 0.3) is 0 Å². The fourth-order valence-electron chi connectivity index (χ4n) is 1.94. The Kier molecular flexibility index (Phi) is 3.90. The SMILES string of the molecule is O=C(c1cc(F)c(F)cc1[N+](=O)[O-])N1CCS(=O)(=O)CC1. The number of amides is 1. The van der Waals surface area contributed by atoms with Crippen molar-refractivity contribution < 1.29 is 26.9 Å². The Labute approximate surface area is 118 Å². The van der Waals surface area contributed by atoms with Gasteiger partial charge in [0.05, 0.1) is 22.5 Å². The van der Waals surface area contributed by atoms with Gasteiger partial charge in [-0.25, -0.2) is 17.2 Å². The van der Waals surface area contributed by atoms with E-state index in [1.54, 1.807) is 0 Å². The molecule has 2 rings (SSSR count). The second-order valence-corrected chi connectivity index (χ2v) is 6.79. The Hall–Kier alpha value is -2.10. The number of halogens is 2. The molecule has 0 saturated carbocycles. The van der Waals surface area contributed by atoms with E-state index >= 15 is 0 Å². The summed E-state index contributed by atoms with van der Waals surface area (Å²) in [7, 11) is -3.23. The summed E-state index contributed by atoms with van der Waals surface area (Å²) in [5, 5.41) is 10.8. The van der Waals surface area contributed by atoms with Gasteiger partial charge in [0, 0.05) is 13.1 Å². The van der Waals surface area contributed by atoms with Gasteiger partial charge in [0.15, 0.2) is 21.5 Å². The minimum absolute atomic E-state index is 0.142. The van der Waals surface area contributed by atoms with E-state index in [0.717, 1.165) is 4.90 Å². The van der Waals surface area contributed by atoms with Gasteiger partial charge in [-0.3, -0.25) is 14.9 Å². The van der Waals surface area contributed by atoms with Crippen molar-refractivity contribution in [3.8, 4) is 0 Å². The van der Waals surface area contributed by atoms with Crippen LogP contribution in [0.3, 0.4) is 0 Å². The summed E-state index contributed by atoms with van der Waals surface area (Å²) in [5.74, 6) is -4.24. The third-order valence-corrected chi connectivity index (χ3v) is 4.71. The van der Waals surface area contributed by atoms with Gasteiger partial charge in [0.25, 0.3) is 11.6 Å². The molecule has 1 amide bonds. The van der Waals surface area contributed by atoms with Crippen molar-refractivity contribution in [1.82, 2.24) is 4.90 Å². The van der Waals surface area contributed by atoms with Gasteiger partial charge >= 0.3 is 0 Å². The first kappa shape index (κ1) is 15.3. The smallest absolute Gasteiger partial charge is 0.285 e. The molecule has 1 aromatic rings. The summed E-state index contributed by atoms with van der Waals surface area (Å²) in [5.41, 5.74) is -1.45. The van der Waals surface area contributed by atoms with Crippen LogP contribution in [0.2, 0.25) is 0 Å². The fraction of sp³-hybridized carbons (Fsp3) is 0.364. The van der Waals surface area contributed by atoms with Gasteiger partial charge in [-0.05, 0) is 6.07 Å². The summed E-state index contributed by atoms with van der Waals surface area (Å²) in [4.78, 5) is 23.0. The standard InChI is InChI=1S/C11H10F2N2O5S/c12-8-5-7(10(15(17)18)6-9(8)13)11(16)14-1-3-21(19,20)4-2-14/h5-6H,1-4H2. The molecule has 0 atom stereocenters. The second-order valence-electron chi connectivity index (χ2n) is 4.48. The van der Waals surface area contributed by atoms with Crippen molar-refractivity contribution >= 4 is 21.4 Å². The molecular weight excluding hydrogens is 310 g/mol. The van der Waals surface area contributed by atoms with Crippen LogP contribution in [0.5, 0.6) is 0 Å². The van der Waals surface area contributed by atoms with Crippen molar-refractivity contribution in [2.75, 3.05) is 24.6 Å². The highest BCUT2D eigenvalue weighted by molar-refractivity contribution is 7.91. The number of hydrogen-bond acceptors (Lipinski definition) is 5. The number of sulfone groups is 1. The summed E-state index contributed by atoms with van der Waals surface area (Å²) in [6.07, 6.45) is 0. The fourth-order valence-corrected chi connectivity index (χ4v) is 3.15. The molecule has 1 aliphatic heterocycles. The molecule has 0 radical (unpaired) electrons. The Balaban J connectivity index is 2.35. The lowest BCUT2D eigenvalue weighted by atomic mass is 10.1. The van der Waals surface area contributed by atoms with E-state index in [4.69, 9.17) is 0 Å². The van der Waals surface area contributed by atoms with Crippen LogP contribution in [-0.2, 0) is 9.84 Å². The average Bonchev–Trinajstić information content (AvgIpc) is 2.40. The molecule has 0 aliphatic carbocycles. The van der Waals surface area contributed by atoms with Gasteiger partial charge in [-0.2, -0.15) is 0 Å². The molecule has 0 bridgehead atoms. The number of nitro groups is 1. The predicted octanol–water partition coefficient (Wildman–Crippen LogP) is 0.744. The van der Waals surface area contributed by atoms with Crippen molar-refractivity contribution in [2.24, 2.45) is 0 Å². The largest absolute Gasteiger partial charge is 0.336 e. The minimum Gasteiger partial charge on any atom is -0.336 e. The maximum atomic E-state index is 13.2. The Bertz CT molecular complexity index is 706. The van der Waals surface area contributed by atoms with Gasteiger partial charge in [-0.15, -0.1) is 0 Å². The Morgan fingerprint density at radius 2 is 1.71 bits per heavy atom. The molecule has 1 heterocycles. The van der Waals surface area contributed by atoms with Crippen molar-refractivity contribution in [3.63, 3.8) is 0 Å². The first-order chi connectivity index (χ1) is 9.71. The van der Waals surface area contributed by atoms with Crippen LogP contribution in [0.15, 0.2) is 12.1 Å². The number of nitrogens with zero attached hydrogens (tertiary/aromatic N) is 2. The molecule has 1 fully saturated rings. The first-order valence-corrected chi connectivity index (χ1v) is 7.66. The average molecular weight is 320 g/mol. The van der Waals surface area contributed by atoms with E-state index in [9.17, 15) is 32.1 Å². The summed E-state index contributed by atoms with van der Waals surface area (Å²) in [6.45, 7) is -0.283. The number of carbonyl (C=O) groups excluding carboxylic acids is 1. The Morgan fingerprint density at radius 1 is 1.19 bits per heavy atom. The topological polar surface area (TPSA) is 97.6 Å². The third kappa shape index (κ3) is 3.15. The highest BCUT2D eigenvalue weighted by Crippen LogP contribution is 2.24. The molecule has 21 heavy (non-hydrogen) atoms. The zero-order chi connectivity index (χ0) is 15.8. The highest BCUT2D eigenvalue weighted by Gasteiger charge is 2.31. The van der Waals surface area contributed by atoms with Crippen LogP contribution in [0.1, 0.15) is 10.4 Å².